The van der Waals surface area contributed by atoms with Crippen LogP contribution in [0.5, 0.6) is 5.75 Å². The van der Waals surface area contributed by atoms with Crippen molar-refractivity contribution >= 4 is 0 Å². The van der Waals surface area contributed by atoms with Crippen LogP contribution in [0.15, 0.2) is 30.3 Å². The number of hydrogen-bond acceptors (Lipinski definition) is 3. The van der Waals surface area contributed by atoms with Crippen LogP contribution in [-0.2, 0) is 4.74 Å². The van der Waals surface area contributed by atoms with Crippen molar-refractivity contribution in [2.45, 2.75) is 70.3 Å². The predicted octanol–water partition coefficient (Wildman–Crippen LogP) is 4.23. The maximum atomic E-state index is 6.52. The van der Waals surface area contributed by atoms with Gasteiger partial charge in [0.1, 0.15) is 18.1 Å². The molecule has 1 aliphatic heterocycles. The smallest absolute Gasteiger partial charge is 0.125 e. The Kier molecular flexibility index (Phi) is 5.74. The first-order valence-electron chi connectivity index (χ1n) is 8.98. The molecule has 1 saturated heterocycles. The van der Waals surface area contributed by atoms with E-state index >= 15 is 0 Å². The number of para-hydroxylation sites is 1. The average molecular weight is 303 g/mol. The molecule has 0 bridgehead atoms. The predicted molar refractivity (Wildman–Crippen MR) is 89.1 cm³/mol. The van der Waals surface area contributed by atoms with E-state index in [2.05, 4.69) is 11.8 Å². The molecule has 0 aromatic heterocycles. The van der Waals surface area contributed by atoms with Crippen molar-refractivity contribution in [3.63, 3.8) is 0 Å². The highest BCUT2D eigenvalue weighted by Gasteiger charge is 2.32. The Morgan fingerprint density at radius 3 is 2.45 bits per heavy atom. The summed E-state index contributed by atoms with van der Waals surface area (Å²) in [5.74, 6) is 0.971. The molecule has 2 fully saturated rings. The molecule has 22 heavy (non-hydrogen) atoms. The van der Waals surface area contributed by atoms with E-state index < -0.39 is 0 Å². The van der Waals surface area contributed by atoms with E-state index in [1.165, 1.54) is 38.6 Å². The van der Waals surface area contributed by atoms with Crippen LogP contribution < -0.4 is 4.74 Å². The minimum atomic E-state index is 0.205. The van der Waals surface area contributed by atoms with Crippen molar-refractivity contribution in [2.75, 3.05) is 13.1 Å². The zero-order chi connectivity index (χ0) is 15.2. The third-order valence-corrected chi connectivity index (χ3v) is 4.96. The molecule has 1 saturated carbocycles. The van der Waals surface area contributed by atoms with Crippen molar-refractivity contribution in [2.24, 2.45) is 0 Å². The van der Waals surface area contributed by atoms with E-state index in [1.54, 1.807) is 0 Å². The van der Waals surface area contributed by atoms with Gasteiger partial charge in [-0.3, -0.25) is 4.90 Å². The lowest BCUT2D eigenvalue weighted by Crippen LogP contribution is -2.47. The van der Waals surface area contributed by atoms with Crippen LogP contribution in [0, 0.1) is 0 Å². The zero-order valence-electron chi connectivity index (χ0n) is 13.7. The second kappa shape index (κ2) is 7.98. The largest absolute Gasteiger partial charge is 0.488 e. The van der Waals surface area contributed by atoms with Gasteiger partial charge in [-0.05, 0) is 57.2 Å². The number of ether oxygens (including phenoxy) is 2. The topological polar surface area (TPSA) is 21.7 Å². The monoisotopic (exact) mass is 303 g/mol. The molecular formula is C19H29NO2. The molecule has 1 aromatic carbocycles. The van der Waals surface area contributed by atoms with Gasteiger partial charge in [0.15, 0.2) is 0 Å². The van der Waals surface area contributed by atoms with Crippen LogP contribution in [0.25, 0.3) is 0 Å². The van der Waals surface area contributed by atoms with Crippen LogP contribution in [0.4, 0.5) is 0 Å². The second-order valence-electron chi connectivity index (χ2n) is 6.51. The molecular weight excluding hydrogens is 274 g/mol. The van der Waals surface area contributed by atoms with E-state index in [-0.39, 0.29) is 12.2 Å². The standard InChI is InChI=1S/C19H29NO2/c1-2-20-15-9-8-14-19(20)22-18-13-7-6-12-17(18)21-16-10-4-3-5-11-16/h3-5,10-11,17-19H,2,6-9,12-15H2,1H3. The number of nitrogens with zero attached hydrogens (tertiary/aromatic N) is 1. The highest BCUT2D eigenvalue weighted by atomic mass is 16.6. The quantitative estimate of drug-likeness (QED) is 0.812. The normalized spacial score (nSPS) is 30.1. The molecule has 122 valence electrons. The zero-order valence-corrected chi connectivity index (χ0v) is 13.7. The number of rotatable bonds is 5. The Hall–Kier alpha value is -1.06. The SMILES string of the molecule is CCN1CCCCC1OC1CCCCC1Oc1ccccc1. The van der Waals surface area contributed by atoms with Gasteiger partial charge < -0.3 is 9.47 Å². The Morgan fingerprint density at radius 1 is 0.955 bits per heavy atom. The molecule has 1 aliphatic carbocycles. The first kappa shape index (κ1) is 15.8. The van der Waals surface area contributed by atoms with E-state index in [0.717, 1.165) is 25.1 Å². The molecule has 3 heteroatoms. The fourth-order valence-electron chi connectivity index (χ4n) is 3.71. The van der Waals surface area contributed by atoms with Crippen molar-refractivity contribution in [3.05, 3.63) is 30.3 Å². The maximum Gasteiger partial charge on any atom is 0.125 e. The Morgan fingerprint density at radius 2 is 1.68 bits per heavy atom. The van der Waals surface area contributed by atoms with Crippen molar-refractivity contribution in [1.29, 1.82) is 0 Å². The second-order valence-corrected chi connectivity index (χ2v) is 6.51. The molecule has 0 amide bonds. The van der Waals surface area contributed by atoms with Gasteiger partial charge in [-0.1, -0.05) is 31.5 Å². The van der Waals surface area contributed by atoms with E-state index in [9.17, 15) is 0 Å². The van der Waals surface area contributed by atoms with Gasteiger partial charge in [-0.15, -0.1) is 0 Å². The molecule has 3 rings (SSSR count). The summed E-state index contributed by atoms with van der Waals surface area (Å²) in [6, 6.07) is 10.2. The fourth-order valence-corrected chi connectivity index (χ4v) is 3.71. The van der Waals surface area contributed by atoms with Gasteiger partial charge in [0.05, 0.1) is 6.10 Å². The fraction of sp³-hybridized carbons (Fsp3) is 0.684. The van der Waals surface area contributed by atoms with E-state index in [4.69, 9.17) is 9.47 Å². The van der Waals surface area contributed by atoms with Crippen LogP contribution >= 0.6 is 0 Å². The number of hydrogen-bond donors (Lipinski definition) is 0. The van der Waals surface area contributed by atoms with Gasteiger partial charge in [0.2, 0.25) is 0 Å². The molecule has 0 N–H and O–H groups in total. The highest BCUT2D eigenvalue weighted by molar-refractivity contribution is 5.21. The lowest BCUT2D eigenvalue weighted by molar-refractivity contribution is -0.151. The Balaban J connectivity index is 1.62. The van der Waals surface area contributed by atoms with Crippen LogP contribution in [0.1, 0.15) is 51.9 Å². The summed E-state index contributed by atoms with van der Waals surface area (Å²) in [4.78, 5) is 2.48. The van der Waals surface area contributed by atoms with E-state index in [1.807, 2.05) is 30.3 Å². The minimum Gasteiger partial charge on any atom is -0.488 e. The van der Waals surface area contributed by atoms with Crippen molar-refractivity contribution in [1.82, 2.24) is 4.90 Å². The summed E-state index contributed by atoms with van der Waals surface area (Å²) in [5, 5.41) is 0. The highest BCUT2D eigenvalue weighted by Crippen LogP contribution is 2.29. The first-order chi connectivity index (χ1) is 10.9. The maximum absolute atomic E-state index is 6.52. The lowest BCUT2D eigenvalue weighted by atomic mass is 9.94. The van der Waals surface area contributed by atoms with E-state index in [0.29, 0.717) is 6.23 Å². The lowest BCUT2D eigenvalue weighted by Gasteiger charge is -2.40. The van der Waals surface area contributed by atoms with Crippen LogP contribution in [0.3, 0.4) is 0 Å². The molecule has 1 aromatic rings. The van der Waals surface area contributed by atoms with Gasteiger partial charge in [-0.25, -0.2) is 0 Å². The number of benzene rings is 1. The minimum absolute atomic E-state index is 0.205. The molecule has 0 spiro atoms. The molecule has 1 heterocycles. The molecule has 2 aliphatic rings. The summed E-state index contributed by atoms with van der Waals surface area (Å²) in [6.07, 6.45) is 9.26. The summed E-state index contributed by atoms with van der Waals surface area (Å²) in [7, 11) is 0. The average Bonchev–Trinajstić information content (AvgIpc) is 2.58. The van der Waals surface area contributed by atoms with Gasteiger partial charge in [-0.2, -0.15) is 0 Å². The van der Waals surface area contributed by atoms with Gasteiger partial charge in [0, 0.05) is 6.54 Å². The van der Waals surface area contributed by atoms with Gasteiger partial charge in [0.25, 0.3) is 0 Å². The summed E-state index contributed by atoms with van der Waals surface area (Å²) in [5.41, 5.74) is 0. The Bertz CT molecular complexity index is 436. The summed E-state index contributed by atoms with van der Waals surface area (Å²) < 4.78 is 12.8. The molecule has 0 radical (unpaired) electrons. The molecule has 3 unspecified atom stereocenters. The van der Waals surface area contributed by atoms with Crippen molar-refractivity contribution < 1.29 is 9.47 Å². The summed E-state index contributed by atoms with van der Waals surface area (Å²) in [6.45, 7) is 4.50. The molecule has 3 nitrogen and oxygen atoms in total. The third-order valence-electron chi connectivity index (χ3n) is 4.96. The number of likely N-dealkylation sites (tertiary alicyclic amines) is 1. The Labute approximate surface area is 134 Å². The van der Waals surface area contributed by atoms with Crippen LogP contribution in [0.2, 0.25) is 0 Å². The van der Waals surface area contributed by atoms with Crippen LogP contribution in [-0.4, -0.2) is 36.4 Å². The molecule has 3 atom stereocenters. The summed E-state index contributed by atoms with van der Waals surface area (Å²) >= 11 is 0. The van der Waals surface area contributed by atoms with Crippen molar-refractivity contribution in [3.8, 4) is 5.75 Å². The number of piperidine rings is 1. The van der Waals surface area contributed by atoms with Gasteiger partial charge >= 0.3 is 0 Å². The third kappa shape index (κ3) is 4.02. The first-order valence-corrected chi connectivity index (χ1v) is 8.98.